The first-order chi connectivity index (χ1) is 9.42. The molecule has 0 amide bonds. The maximum absolute atomic E-state index is 5.82. The van der Waals surface area contributed by atoms with Crippen molar-refractivity contribution in [3.8, 4) is 5.75 Å². The Balaban J connectivity index is 1.57. The van der Waals surface area contributed by atoms with Gasteiger partial charge in [-0.3, -0.25) is 0 Å². The second kappa shape index (κ2) is 6.22. The standard InChI is InChI=1S/C16H21NO2/c1-3-16(19-12-13-7-10-18-11-13)4-2-14(1)15-5-8-17-9-6-15/h1-5,13,17H,6-12H2. The molecule has 0 aromatic heterocycles. The van der Waals surface area contributed by atoms with Gasteiger partial charge in [-0.25, -0.2) is 0 Å². The molecule has 2 aliphatic heterocycles. The molecule has 0 radical (unpaired) electrons. The predicted octanol–water partition coefficient (Wildman–Crippen LogP) is 2.48. The highest BCUT2D eigenvalue weighted by Gasteiger charge is 2.16. The molecule has 3 heteroatoms. The zero-order chi connectivity index (χ0) is 12.9. The van der Waals surface area contributed by atoms with Crippen molar-refractivity contribution in [3.05, 3.63) is 35.9 Å². The molecule has 1 N–H and O–H groups in total. The number of benzene rings is 1. The van der Waals surface area contributed by atoms with Crippen molar-refractivity contribution in [2.24, 2.45) is 5.92 Å². The molecular formula is C16H21NO2. The Morgan fingerprint density at radius 3 is 2.84 bits per heavy atom. The van der Waals surface area contributed by atoms with Crippen LogP contribution in [0.3, 0.4) is 0 Å². The zero-order valence-electron chi connectivity index (χ0n) is 11.2. The number of rotatable bonds is 4. The van der Waals surface area contributed by atoms with Gasteiger partial charge in [-0.15, -0.1) is 0 Å². The lowest BCUT2D eigenvalue weighted by atomic mass is 10.0. The van der Waals surface area contributed by atoms with E-state index in [1.807, 2.05) is 0 Å². The Bertz CT molecular complexity index is 433. The van der Waals surface area contributed by atoms with Crippen LogP contribution in [0.5, 0.6) is 5.75 Å². The second-order valence-corrected chi connectivity index (χ2v) is 5.25. The van der Waals surface area contributed by atoms with Gasteiger partial charge in [0.25, 0.3) is 0 Å². The van der Waals surface area contributed by atoms with Crippen molar-refractivity contribution < 1.29 is 9.47 Å². The summed E-state index contributed by atoms with van der Waals surface area (Å²) in [5.41, 5.74) is 2.76. The van der Waals surface area contributed by atoms with Crippen molar-refractivity contribution in [3.63, 3.8) is 0 Å². The molecule has 0 spiro atoms. The zero-order valence-corrected chi connectivity index (χ0v) is 11.2. The minimum atomic E-state index is 0.562. The van der Waals surface area contributed by atoms with Crippen molar-refractivity contribution in [1.29, 1.82) is 0 Å². The smallest absolute Gasteiger partial charge is 0.119 e. The molecule has 3 rings (SSSR count). The first-order valence-corrected chi connectivity index (χ1v) is 7.12. The summed E-state index contributed by atoms with van der Waals surface area (Å²) in [5, 5.41) is 3.33. The van der Waals surface area contributed by atoms with Crippen LogP contribution in [-0.4, -0.2) is 32.9 Å². The van der Waals surface area contributed by atoms with E-state index in [1.54, 1.807) is 0 Å². The Morgan fingerprint density at radius 2 is 2.16 bits per heavy atom. The fraction of sp³-hybridized carbons (Fsp3) is 0.500. The monoisotopic (exact) mass is 259 g/mol. The maximum atomic E-state index is 5.82. The highest BCUT2D eigenvalue weighted by molar-refractivity contribution is 5.67. The van der Waals surface area contributed by atoms with Crippen LogP contribution in [0, 0.1) is 5.92 Å². The van der Waals surface area contributed by atoms with E-state index in [-0.39, 0.29) is 0 Å². The van der Waals surface area contributed by atoms with Gasteiger partial charge in [-0.2, -0.15) is 0 Å². The molecule has 102 valence electrons. The van der Waals surface area contributed by atoms with Crippen molar-refractivity contribution in [2.45, 2.75) is 12.8 Å². The molecule has 2 heterocycles. The van der Waals surface area contributed by atoms with Crippen molar-refractivity contribution >= 4 is 5.57 Å². The van der Waals surface area contributed by atoms with E-state index in [0.717, 1.165) is 51.5 Å². The topological polar surface area (TPSA) is 30.5 Å². The molecule has 1 aromatic rings. The minimum Gasteiger partial charge on any atom is -0.493 e. The van der Waals surface area contributed by atoms with E-state index < -0.39 is 0 Å². The summed E-state index contributed by atoms with van der Waals surface area (Å²) in [7, 11) is 0. The van der Waals surface area contributed by atoms with Crippen molar-refractivity contribution in [2.75, 3.05) is 32.9 Å². The lowest BCUT2D eigenvalue weighted by Gasteiger charge is -2.15. The molecule has 1 fully saturated rings. The molecule has 1 atom stereocenters. The van der Waals surface area contributed by atoms with Crippen LogP contribution in [0.1, 0.15) is 18.4 Å². The quantitative estimate of drug-likeness (QED) is 0.901. The average molecular weight is 259 g/mol. The molecule has 3 nitrogen and oxygen atoms in total. The summed E-state index contributed by atoms with van der Waals surface area (Å²) in [5.74, 6) is 1.52. The summed E-state index contributed by atoms with van der Waals surface area (Å²) in [4.78, 5) is 0. The van der Waals surface area contributed by atoms with E-state index in [9.17, 15) is 0 Å². The van der Waals surface area contributed by atoms with Crippen molar-refractivity contribution in [1.82, 2.24) is 5.32 Å². The number of ether oxygens (including phenoxy) is 2. The summed E-state index contributed by atoms with van der Waals surface area (Å²) < 4.78 is 11.2. The van der Waals surface area contributed by atoms with E-state index >= 15 is 0 Å². The highest BCUT2D eigenvalue weighted by Crippen LogP contribution is 2.23. The predicted molar refractivity (Wildman–Crippen MR) is 76.3 cm³/mol. The number of nitrogens with one attached hydrogen (secondary N) is 1. The fourth-order valence-corrected chi connectivity index (χ4v) is 2.58. The molecule has 0 saturated carbocycles. The molecule has 2 aliphatic rings. The second-order valence-electron chi connectivity index (χ2n) is 5.25. The number of hydrogen-bond donors (Lipinski definition) is 1. The van der Waals surface area contributed by atoms with E-state index in [4.69, 9.17) is 9.47 Å². The molecular weight excluding hydrogens is 238 g/mol. The van der Waals surface area contributed by atoms with Gasteiger partial charge < -0.3 is 14.8 Å². The third-order valence-corrected chi connectivity index (χ3v) is 3.80. The van der Waals surface area contributed by atoms with Gasteiger partial charge in [-0.1, -0.05) is 18.2 Å². The van der Waals surface area contributed by atoms with Crippen LogP contribution in [-0.2, 0) is 4.74 Å². The largest absolute Gasteiger partial charge is 0.493 e. The van der Waals surface area contributed by atoms with Gasteiger partial charge in [0.05, 0.1) is 13.2 Å². The van der Waals surface area contributed by atoms with Gasteiger partial charge in [0.1, 0.15) is 5.75 Å². The van der Waals surface area contributed by atoms with E-state index in [1.165, 1.54) is 11.1 Å². The summed E-state index contributed by atoms with van der Waals surface area (Å²) >= 11 is 0. The Labute approximate surface area is 114 Å². The third-order valence-electron chi connectivity index (χ3n) is 3.80. The molecule has 0 aliphatic carbocycles. The van der Waals surface area contributed by atoms with Crippen LogP contribution in [0.2, 0.25) is 0 Å². The van der Waals surface area contributed by atoms with Crippen LogP contribution < -0.4 is 10.1 Å². The Hall–Kier alpha value is -1.32. The van der Waals surface area contributed by atoms with E-state index in [2.05, 4.69) is 35.7 Å². The highest BCUT2D eigenvalue weighted by atomic mass is 16.5. The molecule has 1 aromatic carbocycles. The minimum absolute atomic E-state index is 0.562. The van der Waals surface area contributed by atoms with Gasteiger partial charge in [-0.05, 0) is 42.7 Å². The molecule has 19 heavy (non-hydrogen) atoms. The first kappa shape index (κ1) is 12.7. The SMILES string of the molecule is C1=C(c2ccc(OCC3CCOC3)cc2)CCNC1. The first-order valence-electron chi connectivity index (χ1n) is 7.12. The van der Waals surface area contributed by atoms with Gasteiger partial charge in [0, 0.05) is 19.1 Å². The average Bonchev–Trinajstić information content (AvgIpc) is 3.00. The van der Waals surface area contributed by atoms with Crippen LogP contribution >= 0.6 is 0 Å². The molecule has 1 unspecified atom stereocenters. The van der Waals surface area contributed by atoms with Crippen LogP contribution in [0.25, 0.3) is 5.57 Å². The lowest BCUT2D eigenvalue weighted by molar-refractivity contribution is 0.167. The normalized spacial score (nSPS) is 23.2. The van der Waals surface area contributed by atoms with Crippen LogP contribution in [0.15, 0.2) is 30.3 Å². The van der Waals surface area contributed by atoms with Gasteiger partial charge in [0.2, 0.25) is 0 Å². The Kier molecular flexibility index (Phi) is 4.16. The van der Waals surface area contributed by atoms with E-state index in [0.29, 0.717) is 5.92 Å². The third kappa shape index (κ3) is 3.37. The molecule has 0 bridgehead atoms. The Morgan fingerprint density at radius 1 is 1.26 bits per heavy atom. The maximum Gasteiger partial charge on any atom is 0.119 e. The fourth-order valence-electron chi connectivity index (χ4n) is 2.58. The summed E-state index contributed by atoms with van der Waals surface area (Å²) in [6, 6.07) is 8.48. The summed E-state index contributed by atoms with van der Waals surface area (Å²) in [6.07, 6.45) is 4.51. The van der Waals surface area contributed by atoms with Gasteiger partial charge >= 0.3 is 0 Å². The summed E-state index contributed by atoms with van der Waals surface area (Å²) in [6.45, 7) is 4.56. The van der Waals surface area contributed by atoms with Gasteiger partial charge in [0.15, 0.2) is 0 Å². The lowest BCUT2D eigenvalue weighted by Crippen LogP contribution is -2.19. The number of hydrogen-bond acceptors (Lipinski definition) is 3. The van der Waals surface area contributed by atoms with Crippen LogP contribution in [0.4, 0.5) is 0 Å². The molecule has 1 saturated heterocycles.